The molecule has 3 atom stereocenters. The summed E-state index contributed by atoms with van der Waals surface area (Å²) in [6.45, 7) is 4.69. The number of halogens is 1. The molecule has 0 radical (unpaired) electrons. The van der Waals surface area contributed by atoms with Crippen LogP contribution in [0.25, 0.3) is 0 Å². The summed E-state index contributed by atoms with van der Waals surface area (Å²) in [5, 5.41) is 19.9. The van der Waals surface area contributed by atoms with Crippen molar-refractivity contribution in [3.63, 3.8) is 0 Å². The van der Waals surface area contributed by atoms with Gasteiger partial charge in [-0.3, -0.25) is 0 Å². The molecule has 1 heterocycles. The quantitative estimate of drug-likeness (QED) is 0.887. The smallest absolute Gasteiger partial charge is 0.126 e. The van der Waals surface area contributed by atoms with Crippen molar-refractivity contribution in [2.24, 2.45) is 0 Å². The topological polar surface area (TPSA) is 46.9 Å². The summed E-state index contributed by atoms with van der Waals surface area (Å²) in [4.78, 5) is 4.17. The average molecular weight is 296 g/mol. The number of anilines is 1. The van der Waals surface area contributed by atoms with E-state index >= 15 is 0 Å². The van der Waals surface area contributed by atoms with Gasteiger partial charge in [0, 0.05) is 30.4 Å². The Kier molecular flexibility index (Phi) is 4.86. The van der Waals surface area contributed by atoms with Gasteiger partial charge in [0.15, 0.2) is 0 Å². The number of β-amino-alcohol motifs (C(OH)–C–C–N with tert-alkyl or cyclic N) is 1. The molecule has 118 valence electrons. The van der Waals surface area contributed by atoms with Crippen LogP contribution >= 0.6 is 0 Å². The Morgan fingerprint density at radius 2 is 2.10 bits per heavy atom. The van der Waals surface area contributed by atoms with Crippen LogP contribution in [-0.4, -0.2) is 54.4 Å². The van der Waals surface area contributed by atoms with Crippen molar-refractivity contribution < 1.29 is 14.6 Å². The molecule has 2 rings (SSSR count). The van der Waals surface area contributed by atoms with Crippen LogP contribution in [0, 0.1) is 12.7 Å². The fraction of sp³-hybridized carbons (Fsp3) is 0.625. The molecule has 1 aliphatic rings. The fourth-order valence-corrected chi connectivity index (χ4v) is 3.05. The Labute approximate surface area is 125 Å². The van der Waals surface area contributed by atoms with E-state index in [4.69, 9.17) is 0 Å². The second-order valence-corrected chi connectivity index (χ2v) is 6.29. The molecule has 21 heavy (non-hydrogen) atoms. The number of likely N-dealkylation sites (N-methyl/N-ethyl adjacent to an activating group) is 1. The Morgan fingerprint density at radius 3 is 2.67 bits per heavy atom. The van der Waals surface area contributed by atoms with Gasteiger partial charge in [0.05, 0.1) is 12.2 Å². The molecule has 1 aliphatic heterocycles. The molecule has 0 saturated carbocycles. The summed E-state index contributed by atoms with van der Waals surface area (Å²) in [6.07, 6.45) is -0.441. The molecule has 0 amide bonds. The molecule has 5 heteroatoms. The van der Waals surface area contributed by atoms with Crippen molar-refractivity contribution in [2.75, 3.05) is 32.1 Å². The van der Waals surface area contributed by atoms with Gasteiger partial charge in [-0.15, -0.1) is 0 Å². The van der Waals surface area contributed by atoms with Gasteiger partial charge in [-0.25, -0.2) is 4.39 Å². The largest absolute Gasteiger partial charge is 0.391 e. The van der Waals surface area contributed by atoms with Crippen LogP contribution in [0.5, 0.6) is 0 Å². The minimum absolute atomic E-state index is 0.164. The van der Waals surface area contributed by atoms with Gasteiger partial charge in [0.1, 0.15) is 5.82 Å². The third kappa shape index (κ3) is 3.54. The molecule has 1 fully saturated rings. The summed E-state index contributed by atoms with van der Waals surface area (Å²) >= 11 is 0. The van der Waals surface area contributed by atoms with Crippen LogP contribution in [0.1, 0.15) is 30.6 Å². The summed E-state index contributed by atoms with van der Waals surface area (Å²) in [6, 6.07) is 3.35. The van der Waals surface area contributed by atoms with E-state index in [1.807, 2.05) is 14.1 Å². The molecule has 1 saturated heterocycles. The lowest BCUT2D eigenvalue weighted by Crippen LogP contribution is -2.38. The number of hydrogen-bond acceptors (Lipinski definition) is 4. The van der Waals surface area contributed by atoms with E-state index in [2.05, 4.69) is 9.80 Å². The van der Waals surface area contributed by atoms with E-state index in [1.54, 1.807) is 19.9 Å². The average Bonchev–Trinajstić information content (AvgIpc) is 2.71. The number of nitrogens with zero attached hydrogens (tertiary/aromatic N) is 2. The van der Waals surface area contributed by atoms with Crippen LogP contribution in [-0.2, 0) is 0 Å². The first kappa shape index (κ1) is 16.2. The van der Waals surface area contributed by atoms with Gasteiger partial charge in [-0.1, -0.05) is 0 Å². The molecule has 0 spiro atoms. The molecule has 1 aromatic carbocycles. The Bertz CT molecular complexity index is 505. The van der Waals surface area contributed by atoms with E-state index in [0.717, 1.165) is 12.2 Å². The normalized spacial score (nSPS) is 23.9. The zero-order valence-electron chi connectivity index (χ0n) is 13.2. The van der Waals surface area contributed by atoms with Crippen LogP contribution in [0.4, 0.5) is 10.1 Å². The molecule has 2 N–H and O–H groups in total. The molecular formula is C16H25FN2O2. The maximum atomic E-state index is 13.8. The van der Waals surface area contributed by atoms with Crippen LogP contribution in [0.3, 0.4) is 0 Å². The Hall–Kier alpha value is -1.17. The van der Waals surface area contributed by atoms with Crippen LogP contribution in [0.15, 0.2) is 12.1 Å². The Balaban J connectivity index is 2.41. The van der Waals surface area contributed by atoms with E-state index in [9.17, 15) is 14.6 Å². The highest BCUT2D eigenvalue weighted by Crippen LogP contribution is 2.34. The predicted molar refractivity (Wildman–Crippen MR) is 82.1 cm³/mol. The number of aliphatic hydroxyl groups is 2. The van der Waals surface area contributed by atoms with Gasteiger partial charge in [0.2, 0.25) is 0 Å². The number of hydrogen-bond donors (Lipinski definition) is 2. The lowest BCUT2D eigenvalue weighted by molar-refractivity contribution is 0.191. The first-order valence-corrected chi connectivity index (χ1v) is 7.37. The summed E-state index contributed by atoms with van der Waals surface area (Å²) < 4.78 is 13.8. The van der Waals surface area contributed by atoms with Gasteiger partial charge in [0.25, 0.3) is 0 Å². The van der Waals surface area contributed by atoms with E-state index in [1.165, 1.54) is 6.07 Å². The third-order valence-electron chi connectivity index (χ3n) is 4.04. The van der Waals surface area contributed by atoms with Crippen molar-refractivity contribution in [1.29, 1.82) is 0 Å². The molecule has 0 aliphatic carbocycles. The highest BCUT2D eigenvalue weighted by Gasteiger charge is 2.33. The molecule has 0 bridgehead atoms. The standard InChI is InChI=1S/C16H25FN2O2/c1-10-5-16(14(11(2)20)7-15(10)17)19-9-13(21)6-12(19)8-18(3)4/h5,7,11-13,20-21H,6,8-9H2,1-4H3/t11-,12?,13?/m1/s1. The molecule has 2 unspecified atom stereocenters. The van der Waals surface area contributed by atoms with Crippen LogP contribution in [0.2, 0.25) is 0 Å². The first-order chi connectivity index (χ1) is 9.79. The van der Waals surface area contributed by atoms with Crippen molar-refractivity contribution in [1.82, 2.24) is 4.90 Å². The molecular weight excluding hydrogens is 271 g/mol. The number of aryl methyl sites for hydroxylation is 1. The monoisotopic (exact) mass is 296 g/mol. The second kappa shape index (κ2) is 6.30. The molecule has 1 aromatic rings. The minimum Gasteiger partial charge on any atom is -0.391 e. The lowest BCUT2D eigenvalue weighted by atomic mass is 10.0. The highest BCUT2D eigenvalue weighted by atomic mass is 19.1. The number of aliphatic hydroxyl groups excluding tert-OH is 2. The van der Waals surface area contributed by atoms with E-state index < -0.39 is 6.10 Å². The van der Waals surface area contributed by atoms with Crippen molar-refractivity contribution in [2.45, 2.75) is 38.5 Å². The minimum atomic E-state index is -0.743. The molecule has 4 nitrogen and oxygen atoms in total. The zero-order valence-corrected chi connectivity index (χ0v) is 13.2. The lowest BCUT2D eigenvalue weighted by Gasteiger charge is -2.31. The maximum Gasteiger partial charge on any atom is 0.126 e. The van der Waals surface area contributed by atoms with E-state index in [-0.39, 0.29) is 18.0 Å². The third-order valence-corrected chi connectivity index (χ3v) is 4.04. The predicted octanol–water partition coefficient (Wildman–Crippen LogP) is 1.69. The second-order valence-electron chi connectivity index (χ2n) is 6.29. The zero-order chi connectivity index (χ0) is 15.7. The van der Waals surface area contributed by atoms with Crippen molar-refractivity contribution >= 4 is 5.69 Å². The summed E-state index contributed by atoms with van der Waals surface area (Å²) in [5.41, 5.74) is 1.96. The SMILES string of the molecule is Cc1cc(N2CC(O)CC2CN(C)C)c([C@@H](C)O)cc1F. The first-order valence-electron chi connectivity index (χ1n) is 7.37. The van der Waals surface area contributed by atoms with Gasteiger partial charge < -0.3 is 20.0 Å². The van der Waals surface area contributed by atoms with Gasteiger partial charge in [-0.05, 0) is 52.1 Å². The van der Waals surface area contributed by atoms with Gasteiger partial charge >= 0.3 is 0 Å². The van der Waals surface area contributed by atoms with Gasteiger partial charge in [-0.2, -0.15) is 0 Å². The summed E-state index contributed by atoms with van der Waals surface area (Å²) in [7, 11) is 3.99. The van der Waals surface area contributed by atoms with Crippen molar-refractivity contribution in [3.8, 4) is 0 Å². The Morgan fingerprint density at radius 1 is 1.43 bits per heavy atom. The van der Waals surface area contributed by atoms with E-state index in [0.29, 0.717) is 24.1 Å². The maximum absolute atomic E-state index is 13.8. The summed E-state index contributed by atoms with van der Waals surface area (Å²) in [5.74, 6) is -0.307. The number of benzene rings is 1. The van der Waals surface area contributed by atoms with Crippen LogP contribution < -0.4 is 4.90 Å². The highest BCUT2D eigenvalue weighted by molar-refractivity contribution is 5.58. The molecule has 0 aromatic heterocycles. The van der Waals surface area contributed by atoms with Crippen molar-refractivity contribution in [3.05, 3.63) is 29.1 Å². The number of rotatable bonds is 4. The fourth-order valence-electron chi connectivity index (χ4n) is 3.05.